The Morgan fingerprint density at radius 3 is 2.50 bits per heavy atom. The molecule has 5 nitrogen and oxygen atoms in total. The van der Waals surface area contributed by atoms with Crippen LogP contribution < -0.4 is 9.47 Å². The van der Waals surface area contributed by atoms with Crippen molar-refractivity contribution in [3.8, 4) is 23.0 Å². The van der Waals surface area contributed by atoms with Crippen molar-refractivity contribution in [1.29, 1.82) is 0 Å². The first-order valence-corrected chi connectivity index (χ1v) is 8.37. The third-order valence-corrected chi connectivity index (χ3v) is 4.16. The molecule has 0 saturated heterocycles. The van der Waals surface area contributed by atoms with Gasteiger partial charge in [-0.3, -0.25) is 0 Å². The zero-order valence-electron chi connectivity index (χ0n) is 14.5. The van der Waals surface area contributed by atoms with Gasteiger partial charge in [0, 0.05) is 0 Å². The summed E-state index contributed by atoms with van der Waals surface area (Å²) in [6.45, 7) is 1.88. The molecule has 0 radical (unpaired) electrons. The average molecular weight is 346 g/mol. The van der Waals surface area contributed by atoms with Gasteiger partial charge in [0.25, 0.3) is 11.8 Å². The summed E-state index contributed by atoms with van der Waals surface area (Å²) in [6, 6.07) is 21.7. The summed E-state index contributed by atoms with van der Waals surface area (Å²) >= 11 is 0. The van der Waals surface area contributed by atoms with E-state index in [0.29, 0.717) is 17.5 Å². The molecule has 0 amide bonds. The van der Waals surface area contributed by atoms with E-state index in [-0.39, 0.29) is 6.10 Å². The van der Waals surface area contributed by atoms with Crippen molar-refractivity contribution in [3.05, 3.63) is 72.6 Å². The van der Waals surface area contributed by atoms with Crippen molar-refractivity contribution in [3.63, 3.8) is 0 Å². The summed E-state index contributed by atoms with van der Waals surface area (Å²) in [6.07, 6.45) is -0.368. The van der Waals surface area contributed by atoms with E-state index >= 15 is 0 Å². The summed E-state index contributed by atoms with van der Waals surface area (Å²) in [4.78, 5) is 0. The van der Waals surface area contributed by atoms with Crippen LogP contribution in [0.1, 0.15) is 18.9 Å². The predicted molar refractivity (Wildman–Crippen MR) is 99.3 cm³/mol. The normalized spacial score (nSPS) is 12.1. The zero-order chi connectivity index (χ0) is 17.9. The van der Waals surface area contributed by atoms with Crippen molar-refractivity contribution >= 4 is 10.8 Å². The fourth-order valence-corrected chi connectivity index (χ4v) is 2.82. The molecular weight excluding hydrogens is 328 g/mol. The number of ether oxygens (including phenoxy) is 2. The van der Waals surface area contributed by atoms with Gasteiger partial charge in [-0.1, -0.05) is 42.5 Å². The predicted octanol–water partition coefficient (Wildman–Crippen LogP) is 5.04. The molecule has 0 bridgehead atoms. The van der Waals surface area contributed by atoms with Gasteiger partial charge in [-0.2, -0.15) is 0 Å². The fourth-order valence-electron chi connectivity index (χ4n) is 2.82. The molecule has 3 aromatic carbocycles. The van der Waals surface area contributed by atoms with Gasteiger partial charge in [-0.25, -0.2) is 0 Å². The molecule has 0 spiro atoms. The summed E-state index contributed by atoms with van der Waals surface area (Å²) in [5.41, 5.74) is 0.756. The summed E-state index contributed by atoms with van der Waals surface area (Å²) < 4.78 is 17.1. The van der Waals surface area contributed by atoms with Crippen molar-refractivity contribution in [2.75, 3.05) is 7.11 Å². The molecule has 0 aliphatic carbocycles. The molecule has 0 aliphatic heterocycles. The fraction of sp³-hybridized carbons (Fsp3) is 0.143. The van der Waals surface area contributed by atoms with E-state index in [2.05, 4.69) is 22.3 Å². The summed E-state index contributed by atoms with van der Waals surface area (Å²) in [5.74, 6) is 2.27. The number of nitrogens with zero attached hydrogens (tertiary/aromatic N) is 2. The maximum Gasteiger partial charge on any atom is 0.257 e. The molecule has 1 unspecified atom stereocenters. The van der Waals surface area contributed by atoms with Crippen molar-refractivity contribution in [2.45, 2.75) is 13.0 Å². The van der Waals surface area contributed by atoms with E-state index in [1.807, 2.05) is 61.5 Å². The molecule has 0 saturated carbocycles. The van der Waals surface area contributed by atoms with E-state index in [0.717, 1.165) is 16.7 Å². The molecule has 0 N–H and O–H groups in total. The second kappa shape index (κ2) is 6.88. The Morgan fingerprint density at radius 1 is 0.885 bits per heavy atom. The first-order valence-electron chi connectivity index (χ1n) is 8.37. The van der Waals surface area contributed by atoms with Crippen molar-refractivity contribution < 1.29 is 13.9 Å². The molecule has 1 aromatic heterocycles. The van der Waals surface area contributed by atoms with Gasteiger partial charge in [-0.05, 0) is 42.0 Å². The number of hydrogen-bond acceptors (Lipinski definition) is 5. The van der Waals surface area contributed by atoms with Gasteiger partial charge in [0.15, 0.2) is 6.10 Å². The molecule has 130 valence electrons. The van der Waals surface area contributed by atoms with E-state index in [1.54, 1.807) is 7.11 Å². The lowest BCUT2D eigenvalue weighted by molar-refractivity contribution is 0.190. The maximum atomic E-state index is 5.99. The Hall–Kier alpha value is -3.34. The Balaban J connectivity index is 1.56. The van der Waals surface area contributed by atoms with Crippen LogP contribution in [0.25, 0.3) is 22.2 Å². The van der Waals surface area contributed by atoms with Gasteiger partial charge < -0.3 is 13.9 Å². The largest absolute Gasteiger partial charge is 0.496 e. The highest BCUT2D eigenvalue weighted by molar-refractivity contribution is 5.83. The van der Waals surface area contributed by atoms with Crippen LogP contribution >= 0.6 is 0 Å². The van der Waals surface area contributed by atoms with Gasteiger partial charge in [0.2, 0.25) is 0 Å². The minimum atomic E-state index is -0.368. The van der Waals surface area contributed by atoms with E-state index in [1.165, 1.54) is 5.39 Å². The second-order valence-corrected chi connectivity index (χ2v) is 5.91. The lowest BCUT2D eigenvalue weighted by Crippen LogP contribution is -2.03. The Morgan fingerprint density at radius 2 is 1.65 bits per heavy atom. The highest BCUT2D eigenvalue weighted by Gasteiger charge is 2.18. The van der Waals surface area contributed by atoms with Crippen LogP contribution in [0.15, 0.2) is 71.1 Å². The van der Waals surface area contributed by atoms with Crippen LogP contribution in [0.4, 0.5) is 0 Å². The first-order chi connectivity index (χ1) is 12.7. The molecule has 1 atom stereocenters. The quantitative estimate of drug-likeness (QED) is 0.507. The number of methoxy groups -OCH3 is 1. The standard InChI is InChI=1S/C21H18N2O3/c1-14(25-17-12-11-15-7-3-4-8-16(15)13-17)20-22-23-21(26-20)18-9-5-6-10-19(18)24-2/h3-14H,1-2H3. The molecular formula is C21H18N2O3. The van der Waals surface area contributed by atoms with Crippen LogP contribution in [0.2, 0.25) is 0 Å². The monoisotopic (exact) mass is 346 g/mol. The summed E-state index contributed by atoms with van der Waals surface area (Å²) in [5, 5.41) is 10.6. The third kappa shape index (κ3) is 3.11. The maximum absolute atomic E-state index is 5.99. The number of para-hydroxylation sites is 1. The molecule has 26 heavy (non-hydrogen) atoms. The molecule has 4 aromatic rings. The molecule has 4 rings (SSSR count). The smallest absolute Gasteiger partial charge is 0.257 e. The Kier molecular flexibility index (Phi) is 4.27. The lowest BCUT2D eigenvalue weighted by atomic mass is 10.1. The molecule has 0 aliphatic rings. The number of hydrogen-bond donors (Lipinski definition) is 0. The first kappa shape index (κ1) is 16.1. The minimum absolute atomic E-state index is 0.368. The number of fused-ring (bicyclic) bond motifs is 1. The molecule has 1 heterocycles. The molecule has 5 heteroatoms. The minimum Gasteiger partial charge on any atom is -0.496 e. The topological polar surface area (TPSA) is 57.4 Å². The number of rotatable bonds is 5. The lowest BCUT2D eigenvalue weighted by Gasteiger charge is -2.11. The van der Waals surface area contributed by atoms with Crippen LogP contribution in [-0.4, -0.2) is 17.3 Å². The SMILES string of the molecule is COc1ccccc1-c1nnc(C(C)Oc2ccc3ccccc3c2)o1. The van der Waals surface area contributed by atoms with Gasteiger partial charge >= 0.3 is 0 Å². The van der Waals surface area contributed by atoms with Crippen LogP contribution in [-0.2, 0) is 0 Å². The van der Waals surface area contributed by atoms with Crippen LogP contribution in [0.3, 0.4) is 0 Å². The Labute approximate surface area is 151 Å². The van der Waals surface area contributed by atoms with Gasteiger partial charge in [-0.15, -0.1) is 10.2 Å². The van der Waals surface area contributed by atoms with Gasteiger partial charge in [0.1, 0.15) is 11.5 Å². The van der Waals surface area contributed by atoms with Crippen molar-refractivity contribution in [1.82, 2.24) is 10.2 Å². The van der Waals surface area contributed by atoms with Crippen LogP contribution in [0, 0.1) is 0 Å². The van der Waals surface area contributed by atoms with E-state index < -0.39 is 0 Å². The third-order valence-electron chi connectivity index (χ3n) is 4.16. The average Bonchev–Trinajstić information content (AvgIpc) is 3.18. The number of aromatic nitrogens is 2. The van der Waals surface area contributed by atoms with E-state index in [4.69, 9.17) is 13.9 Å². The van der Waals surface area contributed by atoms with Gasteiger partial charge in [0.05, 0.1) is 12.7 Å². The van der Waals surface area contributed by atoms with E-state index in [9.17, 15) is 0 Å². The second-order valence-electron chi connectivity index (χ2n) is 5.91. The van der Waals surface area contributed by atoms with Crippen molar-refractivity contribution in [2.24, 2.45) is 0 Å². The summed E-state index contributed by atoms with van der Waals surface area (Å²) in [7, 11) is 1.61. The highest BCUT2D eigenvalue weighted by Crippen LogP contribution is 2.31. The molecule has 0 fully saturated rings. The van der Waals surface area contributed by atoms with Crippen LogP contribution in [0.5, 0.6) is 11.5 Å². The zero-order valence-corrected chi connectivity index (χ0v) is 14.5. The highest BCUT2D eigenvalue weighted by atomic mass is 16.5. The number of benzene rings is 3. The Bertz CT molecular complexity index is 1040.